The molecule has 0 unspecified atom stereocenters. The monoisotopic (exact) mass is 356 g/mol. The number of carbonyl (C=O) groups excluding carboxylic acids is 1. The number of anilines is 1. The van der Waals surface area contributed by atoms with Crippen molar-refractivity contribution in [3.63, 3.8) is 0 Å². The van der Waals surface area contributed by atoms with E-state index in [2.05, 4.69) is 10.5 Å². The van der Waals surface area contributed by atoms with Crippen molar-refractivity contribution in [2.75, 3.05) is 11.9 Å². The Hall–Kier alpha value is -1.75. The van der Waals surface area contributed by atoms with Crippen LogP contribution in [-0.2, 0) is 9.63 Å². The number of carbonyl (C=O) groups is 1. The Bertz CT molecular complexity index is 705. The van der Waals surface area contributed by atoms with E-state index in [0.29, 0.717) is 26.3 Å². The van der Waals surface area contributed by atoms with E-state index in [1.165, 1.54) is 6.21 Å². The van der Waals surface area contributed by atoms with Crippen LogP contribution in [0.3, 0.4) is 0 Å². The van der Waals surface area contributed by atoms with E-state index in [4.69, 9.17) is 39.6 Å². The first-order valence-corrected chi connectivity index (χ1v) is 7.35. The van der Waals surface area contributed by atoms with Crippen LogP contribution in [0, 0.1) is 0 Å². The quantitative estimate of drug-likeness (QED) is 0.626. The smallest absolute Gasteiger partial charge is 0.265 e. The molecule has 0 aliphatic rings. The lowest BCUT2D eigenvalue weighted by Gasteiger charge is -2.05. The second-order valence-corrected chi connectivity index (χ2v) is 5.37. The van der Waals surface area contributed by atoms with Crippen LogP contribution >= 0.6 is 34.8 Å². The van der Waals surface area contributed by atoms with Crippen LogP contribution in [0.2, 0.25) is 15.1 Å². The molecule has 1 N–H and O–H groups in total. The Morgan fingerprint density at radius 2 is 1.82 bits per heavy atom. The molecule has 114 valence electrons. The predicted octanol–water partition coefficient (Wildman–Crippen LogP) is 4.64. The number of hydrogen-bond donors (Lipinski definition) is 1. The Labute approximate surface area is 142 Å². The van der Waals surface area contributed by atoms with Crippen LogP contribution in [-0.4, -0.2) is 18.7 Å². The lowest BCUT2D eigenvalue weighted by Crippen LogP contribution is -2.17. The summed E-state index contributed by atoms with van der Waals surface area (Å²) in [4.78, 5) is 16.6. The van der Waals surface area contributed by atoms with Crippen LogP contribution in [0.15, 0.2) is 47.6 Å². The normalized spacial score (nSPS) is 10.7. The SMILES string of the molecule is O=C(CO/N=C\c1cccc(Cl)c1Cl)Nc1ccccc1Cl. The summed E-state index contributed by atoms with van der Waals surface area (Å²) < 4.78 is 0. The van der Waals surface area contributed by atoms with Crippen molar-refractivity contribution in [2.45, 2.75) is 0 Å². The molecule has 2 rings (SSSR count). The molecule has 0 atom stereocenters. The van der Waals surface area contributed by atoms with Crippen molar-refractivity contribution in [1.29, 1.82) is 0 Å². The van der Waals surface area contributed by atoms with E-state index in [1.54, 1.807) is 42.5 Å². The van der Waals surface area contributed by atoms with Crippen molar-refractivity contribution in [3.8, 4) is 0 Å². The lowest BCUT2D eigenvalue weighted by atomic mass is 10.2. The first kappa shape index (κ1) is 16.6. The van der Waals surface area contributed by atoms with Crippen molar-refractivity contribution in [2.24, 2.45) is 5.16 Å². The number of nitrogens with zero attached hydrogens (tertiary/aromatic N) is 1. The number of hydrogen-bond acceptors (Lipinski definition) is 3. The zero-order valence-electron chi connectivity index (χ0n) is 11.2. The molecular weight excluding hydrogens is 347 g/mol. The number of benzene rings is 2. The zero-order chi connectivity index (χ0) is 15.9. The molecule has 0 radical (unpaired) electrons. The summed E-state index contributed by atoms with van der Waals surface area (Å²) in [6, 6.07) is 12.0. The second kappa shape index (κ2) is 8.03. The average Bonchev–Trinajstić information content (AvgIpc) is 2.50. The molecule has 0 saturated carbocycles. The van der Waals surface area contributed by atoms with Gasteiger partial charge in [-0.2, -0.15) is 0 Å². The zero-order valence-corrected chi connectivity index (χ0v) is 13.5. The van der Waals surface area contributed by atoms with Crippen LogP contribution in [0.4, 0.5) is 5.69 Å². The second-order valence-electron chi connectivity index (χ2n) is 4.18. The summed E-state index contributed by atoms with van der Waals surface area (Å²) in [5.74, 6) is -0.373. The van der Waals surface area contributed by atoms with Gasteiger partial charge in [0.15, 0.2) is 6.61 Å². The van der Waals surface area contributed by atoms with Gasteiger partial charge in [0, 0.05) is 5.56 Å². The molecular formula is C15H11Cl3N2O2. The summed E-state index contributed by atoms with van der Waals surface area (Å²) in [6.07, 6.45) is 1.39. The maximum atomic E-state index is 11.7. The standard InChI is InChI=1S/C15H11Cl3N2O2/c16-11-5-1-2-7-13(11)20-14(21)9-22-19-8-10-4-3-6-12(17)15(10)18/h1-8H,9H2,(H,20,21)/b19-8-. The van der Waals surface area contributed by atoms with Crippen molar-refractivity contribution in [1.82, 2.24) is 0 Å². The van der Waals surface area contributed by atoms with E-state index in [9.17, 15) is 4.79 Å². The summed E-state index contributed by atoms with van der Waals surface area (Å²) in [6.45, 7) is -0.250. The van der Waals surface area contributed by atoms with Crippen LogP contribution in [0.1, 0.15) is 5.56 Å². The third-order valence-electron chi connectivity index (χ3n) is 2.59. The van der Waals surface area contributed by atoms with E-state index < -0.39 is 0 Å². The number of amides is 1. The summed E-state index contributed by atoms with van der Waals surface area (Å²) in [7, 11) is 0. The minimum Gasteiger partial charge on any atom is -0.386 e. The van der Waals surface area contributed by atoms with Gasteiger partial charge in [0.25, 0.3) is 5.91 Å². The van der Waals surface area contributed by atoms with Crippen LogP contribution < -0.4 is 5.32 Å². The molecule has 2 aromatic rings. The number of nitrogens with one attached hydrogen (secondary N) is 1. The Kier molecular flexibility index (Phi) is 6.07. The van der Waals surface area contributed by atoms with Gasteiger partial charge in [-0.1, -0.05) is 64.2 Å². The molecule has 0 saturated heterocycles. The highest BCUT2D eigenvalue weighted by Gasteiger charge is 2.05. The third-order valence-corrected chi connectivity index (χ3v) is 3.75. The van der Waals surface area contributed by atoms with Gasteiger partial charge < -0.3 is 10.2 Å². The maximum Gasteiger partial charge on any atom is 0.265 e. The third kappa shape index (κ3) is 4.63. The highest BCUT2D eigenvalue weighted by molar-refractivity contribution is 6.43. The predicted molar refractivity (Wildman–Crippen MR) is 90.1 cm³/mol. The molecule has 0 bridgehead atoms. The summed E-state index contributed by atoms with van der Waals surface area (Å²) in [5, 5.41) is 7.54. The van der Waals surface area contributed by atoms with Crippen LogP contribution in [0.25, 0.3) is 0 Å². The van der Waals surface area contributed by atoms with Crippen LogP contribution in [0.5, 0.6) is 0 Å². The van der Waals surface area contributed by atoms with Gasteiger partial charge in [0.2, 0.25) is 0 Å². The molecule has 2 aromatic carbocycles. The fourth-order valence-corrected chi connectivity index (χ4v) is 2.10. The largest absolute Gasteiger partial charge is 0.386 e. The van der Waals surface area contributed by atoms with Crippen molar-refractivity contribution < 1.29 is 9.63 Å². The number of oxime groups is 1. The Balaban J connectivity index is 1.86. The Morgan fingerprint density at radius 1 is 1.09 bits per heavy atom. The van der Waals surface area contributed by atoms with Gasteiger partial charge in [-0.15, -0.1) is 0 Å². The Morgan fingerprint density at radius 3 is 2.59 bits per heavy atom. The molecule has 22 heavy (non-hydrogen) atoms. The molecule has 0 aliphatic heterocycles. The molecule has 0 aromatic heterocycles. The number of para-hydroxylation sites is 1. The molecule has 0 spiro atoms. The van der Waals surface area contributed by atoms with Gasteiger partial charge in [0.1, 0.15) is 0 Å². The summed E-state index contributed by atoms with van der Waals surface area (Å²) in [5.41, 5.74) is 1.11. The van der Waals surface area contributed by atoms with E-state index in [0.717, 1.165) is 0 Å². The average molecular weight is 358 g/mol. The lowest BCUT2D eigenvalue weighted by molar-refractivity contribution is -0.120. The van der Waals surface area contributed by atoms with Crippen molar-refractivity contribution in [3.05, 3.63) is 63.1 Å². The molecule has 0 heterocycles. The van der Waals surface area contributed by atoms with Gasteiger partial charge in [-0.05, 0) is 18.2 Å². The van der Waals surface area contributed by atoms with E-state index in [1.807, 2.05) is 0 Å². The van der Waals surface area contributed by atoms with E-state index >= 15 is 0 Å². The fraction of sp³-hybridized carbons (Fsp3) is 0.0667. The molecule has 0 aliphatic carbocycles. The van der Waals surface area contributed by atoms with Gasteiger partial charge in [-0.25, -0.2) is 0 Å². The molecule has 7 heteroatoms. The summed E-state index contributed by atoms with van der Waals surface area (Å²) >= 11 is 17.8. The minimum atomic E-state index is -0.373. The molecule has 0 fully saturated rings. The topological polar surface area (TPSA) is 50.7 Å². The first-order chi connectivity index (χ1) is 10.6. The van der Waals surface area contributed by atoms with Gasteiger partial charge in [0.05, 0.1) is 27.0 Å². The highest BCUT2D eigenvalue weighted by Crippen LogP contribution is 2.24. The minimum absolute atomic E-state index is 0.250. The molecule has 4 nitrogen and oxygen atoms in total. The first-order valence-electron chi connectivity index (χ1n) is 6.21. The number of rotatable bonds is 5. The van der Waals surface area contributed by atoms with Gasteiger partial charge >= 0.3 is 0 Å². The highest BCUT2D eigenvalue weighted by atomic mass is 35.5. The number of halogens is 3. The maximum absolute atomic E-state index is 11.7. The van der Waals surface area contributed by atoms with Crippen molar-refractivity contribution >= 4 is 52.6 Å². The van der Waals surface area contributed by atoms with E-state index in [-0.39, 0.29) is 12.5 Å². The molecule has 1 amide bonds. The fourth-order valence-electron chi connectivity index (χ4n) is 1.56. The van der Waals surface area contributed by atoms with Gasteiger partial charge in [-0.3, -0.25) is 4.79 Å².